The quantitative estimate of drug-likeness (QED) is 0.566. The minimum Gasteiger partial charge on any atom is -0.373 e. The number of nitrogens with two attached hydrogens (primary N) is 1. The summed E-state index contributed by atoms with van der Waals surface area (Å²) in [4.78, 5) is 12.3. The van der Waals surface area contributed by atoms with Crippen LogP contribution in [0.4, 0.5) is 0 Å². The Balaban J connectivity index is 0.000000673. The van der Waals surface area contributed by atoms with Crippen molar-refractivity contribution < 1.29 is 9.53 Å². The van der Waals surface area contributed by atoms with Gasteiger partial charge in [0, 0.05) is 12.6 Å². The van der Waals surface area contributed by atoms with Gasteiger partial charge in [0.2, 0.25) is 0 Å². The summed E-state index contributed by atoms with van der Waals surface area (Å²) < 4.78 is 5.07. The Kier molecular flexibility index (Phi) is 10.7. The SMILES string of the molecule is CCC.NC1CCN(CCOCC=O)CC1. The van der Waals surface area contributed by atoms with Gasteiger partial charge in [-0.05, 0) is 25.9 Å². The van der Waals surface area contributed by atoms with Crippen molar-refractivity contribution in [2.75, 3.05) is 32.8 Å². The molecule has 2 N–H and O–H groups in total. The van der Waals surface area contributed by atoms with Gasteiger partial charge in [-0.1, -0.05) is 20.3 Å². The molecule has 4 nitrogen and oxygen atoms in total. The third-order valence-electron chi connectivity index (χ3n) is 2.37. The standard InChI is InChI=1S/C9H18N2O2.C3H8/c10-9-1-3-11(4-2-9)5-7-13-8-6-12;1-3-2/h6,9H,1-5,7-8,10H2;3H2,1-2H3. The van der Waals surface area contributed by atoms with E-state index in [1.165, 1.54) is 6.42 Å². The molecule has 0 atom stereocenters. The number of aldehydes is 1. The zero-order valence-corrected chi connectivity index (χ0v) is 10.7. The van der Waals surface area contributed by atoms with E-state index in [0.29, 0.717) is 12.6 Å². The van der Waals surface area contributed by atoms with Gasteiger partial charge in [0.05, 0.1) is 6.61 Å². The van der Waals surface area contributed by atoms with Crippen LogP contribution in [0.2, 0.25) is 0 Å². The van der Waals surface area contributed by atoms with E-state index in [4.69, 9.17) is 10.5 Å². The van der Waals surface area contributed by atoms with Crippen molar-refractivity contribution in [3.05, 3.63) is 0 Å². The van der Waals surface area contributed by atoms with Crippen molar-refractivity contribution in [3.63, 3.8) is 0 Å². The van der Waals surface area contributed by atoms with Gasteiger partial charge in [0.25, 0.3) is 0 Å². The fourth-order valence-corrected chi connectivity index (χ4v) is 1.50. The lowest BCUT2D eigenvalue weighted by Gasteiger charge is -2.29. The molecule has 96 valence electrons. The summed E-state index contributed by atoms with van der Waals surface area (Å²) in [5.74, 6) is 0. The first kappa shape index (κ1) is 15.6. The minimum atomic E-state index is 0.216. The molecule has 4 heteroatoms. The highest BCUT2D eigenvalue weighted by Gasteiger charge is 2.14. The topological polar surface area (TPSA) is 55.6 Å². The molecule has 16 heavy (non-hydrogen) atoms. The highest BCUT2D eigenvalue weighted by atomic mass is 16.5. The number of likely N-dealkylation sites (tertiary alicyclic amines) is 1. The Morgan fingerprint density at radius 3 is 2.44 bits per heavy atom. The van der Waals surface area contributed by atoms with E-state index in [2.05, 4.69) is 18.7 Å². The predicted molar refractivity (Wildman–Crippen MR) is 66.5 cm³/mol. The molecule has 0 unspecified atom stereocenters. The van der Waals surface area contributed by atoms with Crippen LogP contribution in [-0.4, -0.2) is 50.1 Å². The van der Waals surface area contributed by atoms with Gasteiger partial charge in [-0.25, -0.2) is 0 Å². The third-order valence-corrected chi connectivity index (χ3v) is 2.37. The summed E-state index contributed by atoms with van der Waals surface area (Å²) in [6, 6.07) is 0.382. The Hall–Kier alpha value is -0.450. The molecule has 1 heterocycles. The zero-order chi connectivity index (χ0) is 12.2. The van der Waals surface area contributed by atoms with Crippen molar-refractivity contribution in [1.29, 1.82) is 0 Å². The molecule has 1 rings (SSSR count). The zero-order valence-electron chi connectivity index (χ0n) is 10.7. The Morgan fingerprint density at radius 2 is 1.94 bits per heavy atom. The molecule has 0 aromatic rings. The van der Waals surface area contributed by atoms with Crippen LogP contribution >= 0.6 is 0 Å². The van der Waals surface area contributed by atoms with E-state index in [0.717, 1.165) is 38.8 Å². The second kappa shape index (κ2) is 11.0. The highest BCUT2D eigenvalue weighted by molar-refractivity contribution is 5.50. The second-order valence-electron chi connectivity index (χ2n) is 4.13. The summed E-state index contributed by atoms with van der Waals surface area (Å²) in [6.07, 6.45) is 4.19. The van der Waals surface area contributed by atoms with Crippen molar-refractivity contribution in [2.24, 2.45) is 5.73 Å². The maximum Gasteiger partial charge on any atom is 0.145 e. The fourth-order valence-electron chi connectivity index (χ4n) is 1.50. The van der Waals surface area contributed by atoms with Gasteiger partial charge in [0.15, 0.2) is 0 Å². The molecule has 0 bridgehead atoms. The number of ether oxygens (including phenoxy) is 1. The smallest absolute Gasteiger partial charge is 0.145 e. The van der Waals surface area contributed by atoms with E-state index in [9.17, 15) is 4.79 Å². The van der Waals surface area contributed by atoms with E-state index in [-0.39, 0.29) is 6.61 Å². The molecule has 0 amide bonds. The summed E-state index contributed by atoms with van der Waals surface area (Å²) >= 11 is 0. The lowest BCUT2D eigenvalue weighted by atomic mass is 10.1. The maximum atomic E-state index is 9.94. The van der Waals surface area contributed by atoms with E-state index >= 15 is 0 Å². The van der Waals surface area contributed by atoms with Gasteiger partial charge in [-0.3, -0.25) is 0 Å². The predicted octanol–water partition coefficient (Wildman–Crippen LogP) is 1.04. The van der Waals surface area contributed by atoms with Crippen molar-refractivity contribution in [2.45, 2.75) is 39.2 Å². The van der Waals surface area contributed by atoms with Gasteiger partial charge in [0.1, 0.15) is 12.9 Å². The maximum absolute atomic E-state index is 9.94. The summed E-state index contributed by atoms with van der Waals surface area (Å²) in [6.45, 7) is 8.15. The first-order chi connectivity index (χ1) is 7.74. The molecular formula is C12H26N2O2. The van der Waals surface area contributed by atoms with Crippen LogP contribution in [0.3, 0.4) is 0 Å². The van der Waals surface area contributed by atoms with E-state index in [1.807, 2.05) is 0 Å². The average Bonchev–Trinajstić information content (AvgIpc) is 2.28. The number of rotatable bonds is 5. The van der Waals surface area contributed by atoms with Crippen molar-refractivity contribution in [1.82, 2.24) is 4.90 Å². The Labute approximate surface area is 99.1 Å². The molecular weight excluding hydrogens is 204 g/mol. The summed E-state index contributed by atoms with van der Waals surface area (Å²) in [5, 5.41) is 0. The lowest BCUT2D eigenvalue weighted by Crippen LogP contribution is -2.41. The molecule has 0 radical (unpaired) electrons. The molecule has 1 aliphatic rings. The average molecular weight is 230 g/mol. The van der Waals surface area contributed by atoms with Crippen LogP contribution < -0.4 is 5.73 Å². The van der Waals surface area contributed by atoms with Crippen LogP contribution in [0.1, 0.15) is 33.1 Å². The molecule has 1 aliphatic heterocycles. The molecule has 1 saturated heterocycles. The molecule has 0 spiro atoms. The summed E-state index contributed by atoms with van der Waals surface area (Å²) in [5.41, 5.74) is 5.77. The number of hydrogen-bond acceptors (Lipinski definition) is 4. The molecule has 0 aromatic heterocycles. The van der Waals surface area contributed by atoms with Crippen molar-refractivity contribution >= 4 is 6.29 Å². The largest absolute Gasteiger partial charge is 0.373 e. The Bertz CT molecular complexity index is 157. The number of carbonyl (C=O) groups is 1. The number of piperidine rings is 1. The van der Waals surface area contributed by atoms with Crippen LogP contribution in [0, 0.1) is 0 Å². The van der Waals surface area contributed by atoms with Crippen LogP contribution in [0.25, 0.3) is 0 Å². The van der Waals surface area contributed by atoms with Gasteiger partial charge >= 0.3 is 0 Å². The van der Waals surface area contributed by atoms with Gasteiger partial charge < -0.3 is 20.2 Å². The normalized spacial score (nSPS) is 17.7. The Morgan fingerprint density at radius 1 is 1.38 bits per heavy atom. The fraction of sp³-hybridized carbons (Fsp3) is 0.917. The number of nitrogens with zero attached hydrogens (tertiary/aromatic N) is 1. The molecule has 1 fully saturated rings. The third kappa shape index (κ3) is 8.83. The van der Waals surface area contributed by atoms with E-state index < -0.39 is 0 Å². The minimum absolute atomic E-state index is 0.216. The van der Waals surface area contributed by atoms with Gasteiger partial charge in [-0.15, -0.1) is 0 Å². The number of hydrogen-bond donors (Lipinski definition) is 1. The highest BCUT2D eigenvalue weighted by Crippen LogP contribution is 2.06. The van der Waals surface area contributed by atoms with Gasteiger partial charge in [-0.2, -0.15) is 0 Å². The number of carbonyl (C=O) groups excluding carboxylic acids is 1. The molecule has 0 aliphatic carbocycles. The first-order valence-corrected chi connectivity index (χ1v) is 6.23. The van der Waals surface area contributed by atoms with Crippen LogP contribution in [0.5, 0.6) is 0 Å². The first-order valence-electron chi connectivity index (χ1n) is 6.23. The van der Waals surface area contributed by atoms with Crippen LogP contribution in [0.15, 0.2) is 0 Å². The monoisotopic (exact) mass is 230 g/mol. The van der Waals surface area contributed by atoms with Crippen LogP contribution in [-0.2, 0) is 9.53 Å². The molecule has 0 saturated carbocycles. The molecule has 0 aromatic carbocycles. The second-order valence-corrected chi connectivity index (χ2v) is 4.13. The van der Waals surface area contributed by atoms with E-state index in [1.54, 1.807) is 0 Å². The van der Waals surface area contributed by atoms with Crippen molar-refractivity contribution in [3.8, 4) is 0 Å². The lowest BCUT2D eigenvalue weighted by molar-refractivity contribution is -0.112. The summed E-state index contributed by atoms with van der Waals surface area (Å²) in [7, 11) is 0.